The van der Waals surface area contributed by atoms with Crippen LogP contribution in [0.25, 0.3) is 11.3 Å². The molecule has 0 aliphatic carbocycles. The fourth-order valence-corrected chi connectivity index (χ4v) is 3.48. The number of benzene rings is 2. The van der Waals surface area contributed by atoms with Gasteiger partial charge in [0.1, 0.15) is 0 Å². The van der Waals surface area contributed by atoms with Gasteiger partial charge in [0, 0.05) is 23.9 Å². The lowest BCUT2D eigenvalue weighted by Crippen LogP contribution is -2.17. The van der Waals surface area contributed by atoms with Gasteiger partial charge in [-0.25, -0.2) is 4.79 Å². The fraction of sp³-hybridized carbons (Fsp3) is 0.250. The number of aryl methyl sites for hydroxylation is 1. The minimum absolute atomic E-state index is 0.0435. The number of alkyl halides is 6. The van der Waals surface area contributed by atoms with Gasteiger partial charge >= 0.3 is 18.3 Å². The molecule has 2 N–H and O–H groups in total. The van der Waals surface area contributed by atoms with Crippen molar-refractivity contribution in [2.45, 2.75) is 38.2 Å². The summed E-state index contributed by atoms with van der Waals surface area (Å²) in [6.45, 7) is 1.69. The summed E-state index contributed by atoms with van der Waals surface area (Å²) < 4.78 is 77.1. The van der Waals surface area contributed by atoms with E-state index in [9.17, 15) is 31.1 Å². The maximum atomic E-state index is 12.9. The zero-order chi connectivity index (χ0) is 25.1. The van der Waals surface area contributed by atoms with E-state index >= 15 is 0 Å². The van der Waals surface area contributed by atoms with E-state index in [1.165, 1.54) is 30.3 Å². The minimum Gasteiger partial charge on any atom is -0.478 e. The molecule has 3 aromatic rings. The highest BCUT2D eigenvalue weighted by atomic mass is 19.4. The van der Waals surface area contributed by atoms with Crippen molar-refractivity contribution in [3.05, 3.63) is 83.0 Å². The number of carboxylic acids is 1. The predicted molar refractivity (Wildman–Crippen MR) is 114 cm³/mol. The SMILES string of the molecule is Cc1cc(-c2ccc(C(F)(F)F)cn2)ccc1C(CCC(F)(F)F)Nc1ccc(C(=O)O)cc1. The van der Waals surface area contributed by atoms with E-state index in [0.29, 0.717) is 28.1 Å². The lowest BCUT2D eigenvalue weighted by atomic mass is 9.94. The molecule has 0 spiro atoms. The van der Waals surface area contributed by atoms with Crippen molar-refractivity contribution in [1.29, 1.82) is 0 Å². The van der Waals surface area contributed by atoms with Gasteiger partial charge in [0.2, 0.25) is 0 Å². The number of hydrogen-bond donors (Lipinski definition) is 2. The summed E-state index contributed by atoms with van der Waals surface area (Å²) in [6.07, 6.45) is -9.47. The molecule has 0 saturated carbocycles. The molecule has 4 nitrogen and oxygen atoms in total. The first-order chi connectivity index (χ1) is 15.8. The summed E-state index contributed by atoms with van der Waals surface area (Å²) in [5.41, 5.74) is 1.63. The van der Waals surface area contributed by atoms with Crippen LogP contribution in [0, 0.1) is 6.92 Å². The number of rotatable bonds is 7. The Balaban J connectivity index is 1.88. The summed E-state index contributed by atoms with van der Waals surface area (Å²) in [7, 11) is 0. The van der Waals surface area contributed by atoms with Crippen LogP contribution in [0.1, 0.15) is 45.9 Å². The smallest absolute Gasteiger partial charge is 0.417 e. The van der Waals surface area contributed by atoms with Crippen LogP contribution in [0.4, 0.5) is 32.0 Å². The molecule has 0 saturated heterocycles. The monoisotopic (exact) mass is 482 g/mol. The van der Waals surface area contributed by atoms with Gasteiger partial charge in [-0.2, -0.15) is 26.3 Å². The average Bonchev–Trinajstić information content (AvgIpc) is 2.76. The van der Waals surface area contributed by atoms with Crippen LogP contribution in [0.5, 0.6) is 0 Å². The number of aromatic nitrogens is 1. The van der Waals surface area contributed by atoms with Gasteiger partial charge in [0.25, 0.3) is 0 Å². The van der Waals surface area contributed by atoms with Gasteiger partial charge in [-0.3, -0.25) is 4.98 Å². The highest BCUT2D eigenvalue weighted by Crippen LogP contribution is 2.34. The Morgan fingerprint density at radius 3 is 2.18 bits per heavy atom. The first kappa shape index (κ1) is 25.1. The van der Waals surface area contributed by atoms with E-state index in [1.54, 1.807) is 25.1 Å². The van der Waals surface area contributed by atoms with Crippen molar-refractivity contribution in [2.24, 2.45) is 0 Å². The zero-order valence-corrected chi connectivity index (χ0v) is 17.8. The molecular weight excluding hydrogens is 462 g/mol. The first-order valence-corrected chi connectivity index (χ1v) is 10.1. The second-order valence-corrected chi connectivity index (χ2v) is 7.73. The Kier molecular flexibility index (Phi) is 7.18. The number of nitrogens with zero attached hydrogens (tertiary/aromatic N) is 1. The van der Waals surface area contributed by atoms with E-state index in [0.717, 1.165) is 12.3 Å². The van der Waals surface area contributed by atoms with Crippen LogP contribution in [0.15, 0.2) is 60.8 Å². The summed E-state index contributed by atoms with van der Waals surface area (Å²) >= 11 is 0. The molecule has 0 amide bonds. The van der Waals surface area contributed by atoms with Crippen molar-refractivity contribution in [3.63, 3.8) is 0 Å². The molecule has 1 heterocycles. The number of carboxylic acid groups (broad SMARTS) is 1. The van der Waals surface area contributed by atoms with E-state index in [-0.39, 0.29) is 12.0 Å². The van der Waals surface area contributed by atoms with Crippen LogP contribution in [-0.4, -0.2) is 22.2 Å². The predicted octanol–water partition coefficient (Wildman–Crippen LogP) is 7.27. The molecule has 1 unspecified atom stereocenters. The maximum absolute atomic E-state index is 12.9. The highest BCUT2D eigenvalue weighted by Gasteiger charge is 2.31. The van der Waals surface area contributed by atoms with Gasteiger partial charge in [0.15, 0.2) is 0 Å². The van der Waals surface area contributed by atoms with Crippen LogP contribution < -0.4 is 5.32 Å². The number of pyridine rings is 1. The average molecular weight is 482 g/mol. The second-order valence-electron chi connectivity index (χ2n) is 7.73. The third-order valence-corrected chi connectivity index (χ3v) is 5.22. The summed E-state index contributed by atoms with van der Waals surface area (Å²) in [5, 5.41) is 12.0. The van der Waals surface area contributed by atoms with Crippen molar-refractivity contribution in [1.82, 2.24) is 4.98 Å². The lowest BCUT2D eigenvalue weighted by molar-refractivity contribution is -0.138. The third kappa shape index (κ3) is 6.49. The summed E-state index contributed by atoms with van der Waals surface area (Å²) in [4.78, 5) is 14.9. The quantitative estimate of drug-likeness (QED) is 0.348. The van der Waals surface area contributed by atoms with Gasteiger partial charge in [-0.05, 0) is 66.9 Å². The molecule has 0 fully saturated rings. The Bertz CT molecular complexity index is 1140. The zero-order valence-electron chi connectivity index (χ0n) is 17.8. The van der Waals surface area contributed by atoms with Crippen molar-refractivity contribution in [3.8, 4) is 11.3 Å². The Hall–Kier alpha value is -3.56. The number of carbonyl (C=O) groups is 1. The molecule has 34 heavy (non-hydrogen) atoms. The number of anilines is 1. The van der Waals surface area contributed by atoms with Crippen molar-refractivity contribution < 1.29 is 36.2 Å². The van der Waals surface area contributed by atoms with Crippen LogP contribution in [-0.2, 0) is 6.18 Å². The largest absolute Gasteiger partial charge is 0.478 e. The number of halogens is 6. The molecule has 1 atom stereocenters. The molecule has 0 bridgehead atoms. The Morgan fingerprint density at radius 1 is 1.00 bits per heavy atom. The third-order valence-electron chi connectivity index (χ3n) is 5.22. The molecule has 1 aromatic heterocycles. The second kappa shape index (κ2) is 9.74. The Morgan fingerprint density at radius 2 is 1.68 bits per heavy atom. The van der Waals surface area contributed by atoms with Crippen LogP contribution in [0.3, 0.4) is 0 Å². The topological polar surface area (TPSA) is 62.2 Å². The Labute approximate surface area is 191 Å². The summed E-state index contributed by atoms with van der Waals surface area (Å²) in [5.74, 6) is -1.12. The molecule has 0 aliphatic heterocycles. The standard InChI is InChI=1S/C24H20F6N2O2/c1-14-12-16(20-9-5-17(13-31-20)24(28,29)30)4-8-19(14)21(10-11-23(25,26)27)32-18-6-2-15(3-7-18)22(33)34/h2-9,12-13,21,32H,10-11H2,1H3,(H,33,34). The van der Waals surface area contributed by atoms with E-state index in [1.807, 2.05) is 0 Å². The lowest BCUT2D eigenvalue weighted by Gasteiger charge is -2.23. The van der Waals surface area contributed by atoms with Crippen LogP contribution in [0.2, 0.25) is 0 Å². The molecule has 180 valence electrons. The number of nitrogens with one attached hydrogen (secondary N) is 1. The number of hydrogen-bond acceptors (Lipinski definition) is 3. The van der Waals surface area contributed by atoms with E-state index < -0.39 is 36.3 Å². The van der Waals surface area contributed by atoms with Crippen molar-refractivity contribution >= 4 is 11.7 Å². The van der Waals surface area contributed by atoms with E-state index in [4.69, 9.17) is 5.11 Å². The minimum atomic E-state index is -4.51. The molecule has 0 aliphatic rings. The fourth-order valence-electron chi connectivity index (χ4n) is 3.48. The van der Waals surface area contributed by atoms with Gasteiger partial charge in [-0.15, -0.1) is 0 Å². The summed E-state index contributed by atoms with van der Waals surface area (Å²) in [6, 6.07) is 11.9. The molecule has 10 heteroatoms. The van der Waals surface area contributed by atoms with Gasteiger partial charge in [0.05, 0.1) is 22.9 Å². The number of aromatic carboxylic acids is 1. The highest BCUT2D eigenvalue weighted by molar-refractivity contribution is 5.88. The normalized spacial score (nSPS) is 12.9. The van der Waals surface area contributed by atoms with E-state index in [2.05, 4.69) is 10.3 Å². The van der Waals surface area contributed by atoms with Crippen molar-refractivity contribution in [2.75, 3.05) is 5.32 Å². The molecule has 0 radical (unpaired) electrons. The molecule has 3 rings (SSSR count). The maximum Gasteiger partial charge on any atom is 0.417 e. The van der Waals surface area contributed by atoms with Gasteiger partial charge < -0.3 is 10.4 Å². The van der Waals surface area contributed by atoms with Crippen LogP contribution >= 0.6 is 0 Å². The molecular formula is C24H20F6N2O2. The van der Waals surface area contributed by atoms with Gasteiger partial charge in [-0.1, -0.05) is 12.1 Å². The first-order valence-electron chi connectivity index (χ1n) is 10.1. The molecule has 2 aromatic carbocycles.